The van der Waals surface area contributed by atoms with Crippen molar-refractivity contribution in [2.24, 2.45) is 5.92 Å². The maximum atomic E-state index is 14.3. The molecule has 3 heterocycles. The molecule has 202 valence electrons. The predicted octanol–water partition coefficient (Wildman–Crippen LogP) is 6.51. The number of imide groups is 1. The van der Waals surface area contributed by atoms with E-state index >= 15 is 0 Å². The Labute approximate surface area is 222 Å². The molecule has 1 aromatic rings. The van der Waals surface area contributed by atoms with Crippen molar-refractivity contribution in [3.8, 4) is 6.07 Å². The molecule has 0 N–H and O–H groups in total. The molecule has 0 radical (unpaired) electrons. The summed E-state index contributed by atoms with van der Waals surface area (Å²) in [5, 5.41) is 9.63. The summed E-state index contributed by atoms with van der Waals surface area (Å²) in [7, 11) is 0. The van der Waals surface area contributed by atoms with Crippen LogP contribution in [0.15, 0.2) is 52.8 Å². The molecule has 0 aliphatic carbocycles. The van der Waals surface area contributed by atoms with Gasteiger partial charge in [-0.05, 0) is 48.5 Å². The summed E-state index contributed by atoms with van der Waals surface area (Å²) in [6.45, 7) is 8.70. The number of para-hydroxylation sites is 1. The molecule has 1 atom stereocenters. The second-order valence-electron chi connectivity index (χ2n) is 10.8. The molecule has 0 bridgehead atoms. The van der Waals surface area contributed by atoms with Crippen molar-refractivity contribution in [2.45, 2.75) is 77.8 Å². The Balaban J connectivity index is 1.83. The summed E-state index contributed by atoms with van der Waals surface area (Å²) < 4.78 is 42.8. The van der Waals surface area contributed by atoms with Gasteiger partial charge in [-0.3, -0.25) is 14.5 Å². The van der Waals surface area contributed by atoms with E-state index in [1.807, 2.05) is 39.8 Å². The van der Waals surface area contributed by atoms with Gasteiger partial charge in [0.05, 0.1) is 11.1 Å². The highest BCUT2D eigenvalue weighted by Gasteiger charge is 2.49. The quantitative estimate of drug-likeness (QED) is 0.301. The lowest BCUT2D eigenvalue weighted by atomic mass is 9.82. The van der Waals surface area contributed by atoms with Crippen molar-refractivity contribution in [2.75, 3.05) is 18.0 Å². The van der Waals surface area contributed by atoms with Crippen molar-refractivity contribution in [1.82, 2.24) is 4.90 Å². The van der Waals surface area contributed by atoms with Gasteiger partial charge in [0.2, 0.25) is 0 Å². The van der Waals surface area contributed by atoms with E-state index in [-0.39, 0.29) is 12.5 Å². The Hall–Kier alpha value is -3.34. The van der Waals surface area contributed by atoms with E-state index in [1.54, 1.807) is 6.08 Å². The highest BCUT2D eigenvalue weighted by molar-refractivity contribution is 6.18. The van der Waals surface area contributed by atoms with E-state index in [0.717, 1.165) is 60.5 Å². The normalized spacial score (nSPS) is 21.8. The molecule has 5 nitrogen and oxygen atoms in total. The SMILES string of the molecule is CCCCC(CC)CN1C(=O)C(C#N)=C(C(F)(F)F)/C(=C/C=C2/N3CCCc4cccc(c43)C2(C)C)C1=O. The van der Waals surface area contributed by atoms with Gasteiger partial charge in [-0.2, -0.15) is 18.4 Å². The molecule has 0 aromatic heterocycles. The monoisotopic (exact) mass is 525 g/mol. The molecule has 1 aromatic carbocycles. The van der Waals surface area contributed by atoms with Crippen LogP contribution in [-0.4, -0.2) is 36.0 Å². The zero-order chi connectivity index (χ0) is 27.8. The average Bonchev–Trinajstić information content (AvgIpc) is 3.09. The number of benzene rings is 1. The largest absolute Gasteiger partial charge is 0.418 e. The van der Waals surface area contributed by atoms with Crippen LogP contribution in [0, 0.1) is 17.2 Å². The number of amides is 2. The molecule has 2 amide bonds. The molecule has 38 heavy (non-hydrogen) atoms. The number of hydrogen-bond acceptors (Lipinski definition) is 4. The van der Waals surface area contributed by atoms with Crippen molar-refractivity contribution < 1.29 is 22.8 Å². The van der Waals surface area contributed by atoms with Gasteiger partial charge in [-0.25, -0.2) is 0 Å². The number of aryl methyl sites for hydroxylation is 1. The summed E-state index contributed by atoms with van der Waals surface area (Å²) in [6, 6.07) is 7.57. The Kier molecular flexibility index (Phi) is 7.60. The predicted molar refractivity (Wildman–Crippen MR) is 140 cm³/mol. The molecule has 0 saturated heterocycles. The van der Waals surface area contributed by atoms with Crippen LogP contribution in [0.1, 0.15) is 70.9 Å². The summed E-state index contributed by atoms with van der Waals surface area (Å²) in [5.74, 6) is -2.22. The van der Waals surface area contributed by atoms with Crippen molar-refractivity contribution in [3.05, 3.63) is 63.9 Å². The third kappa shape index (κ3) is 4.68. The molecule has 3 aliphatic rings. The Bertz CT molecular complexity index is 1280. The average molecular weight is 526 g/mol. The number of unbranched alkanes of at least 4 members (excludes halogenated alkanes) is 1. The van der Waals surface area contributed by atoms with E-state index in [0.29, 0.717) is 6.42 Å². The Morgan fingerprint density at radius 2 is 1.89 bits per heavy atom. The number of carbonyl (C=O) groups is 2. The third-order valence-electron chi connectivity index (χ3n) is 8.06. The molecule has 0 fully saturated rings. The Morgan fingerprint density at radius 3 is 2.53 bits per heavy atom. The first-order chi connectivity index (χ1) is 18.0. The van der Waals surface area contributed by atoms with Gasteiger partial charge in [0.25, 0.3) is 11.8 Å². The minimum absolute atomic E-state index is 0.00911. The summed E-state index contributed by atoms with van der Waals surface area (Å²) in [5.41, 5.74) is 0.548. The van der Waals surface area contributed by atoms with Crippen molar-refractivity contribution >= 4 is 17.5 Å². The fraction of sp³-hybridized carbons (Fsp3) is 0.500. The number of alkyl halides is 3. The van der Waals surface area contributed by atoms with Crippen LogP contribution in [0.2, 0.25) is 0 Å². The number of nitriles is 1. The fourth-order valence-corrected chi connectivity index (χ4v) is 5.95. The van der Waals surface area contributed by atoms with E-state index in [2.05, 4.69) is 11.0 Å². The number of allylic oxidation sites excluding steroid dienone is 3. The molecular weight excluding hydrogens is 491 g/mol. The lowest BCUT2D eigenvalue weighted by molar-refractivity contribution is -0.144. The zero-order valence-corrected chi connectivity index (χ0v) is 22.4. The van der Waals surface area contributed by atoms with E-state index in [1.165, 1.54) is 17.7 Å². The maximum absolute atomic E-state index is 14.3. The minimum atomic E-state index is -5.04. The van der Waals surface area contributed by atoms with Gasteiger partial charge in [0.1, 0.15) is 11.6 Å². The van der Waals surface area contributed by atoms with Crippen LogP contribution >= 0.6 is 0 Å². The third-order valence-corrected chi connectivity index (χ3v) is 8.06. The van der Waals surface area contributed by atoms with Gasteiger partial charge in [-0.1, -0.05) is 65.2 Å². The number of nitrogens with zero attached hydrogens (tertiary/aromatic N) is 3. The summed E-state index contributed by atoms with van der Waals surface area (Å²) in [6.07, 6.45) is 2.77. The lowest BCUT2D eigenvalue weighted by Gasteiger charge is -2.32. The fourth-order valence-electron chi connectivity index (χ4n) is 5.95. The van der Waals surface area contributed by atoms with Gasteiger partial charge < -0.3 is 4.90 Å². The summed E-state index contributed by atoms with van der Waals surface area (Å²) in [4.78, 5) is 29.5. The van der Waals surface area contributed by atoms with Crippen LogP contribution in [0.25, 0.3) is 0 Å². The molecular formula is C30H34F3N3O2. The second kappa shape index (κ2) is 10.4. The molecule has 3 aliphatic heterocycles. The molecule has 4 rings (SSSR count). The molecule has 1 unspecified atom stereocenters. The molecule has 0 spiro atoms. The van der Waals surface area contributed by atoms with Crippen LogP contribution in [0.3, 0.4) is 0 Å². The smallest absolute Gasteiger partial charge is 0.344 e. The van der Waals surface area contributed by atoms with Crippen LogP contribution in [0.5, 0.6) is 0 Å². The van der Waals surface area contributed by atoms with Crippen molar-refractivity contribution in [1.29, 1.82) is 5.26 Å². The molecule has 0 saturated carbocycles. The first kappa shape index (κ1) is 27.7. The summed E-state index contributed by atoms with van der Waals surface area (Å²) >= 11 is 0. The van der Waals surface area contributed by atoms with Gasteiger partial charge >= 0.3 is 6.18 Å². The van der Waals surface area contributed by atoms with Crippen LogP contribution < -0.4 is 4.90 Å². The number of halogens is 3. The highest BCUT2D eigenvalue weighted by Crippen LogP contribution is 2.51. The Morgan fingerprint density at radius 1 is 1.16 bits per heavy atom. The number of carbonyl (C=O) groups excluding carboxylic acids is 2. The lowest BCUT2D eigenvalue weighted by Crippen LogP contribution is -2.47. The highest BCUT2D eigenvalue weighted by atomic mass is 19.4. The zero-order valence-electron chi connectivity index (χ0n) is 22.4. The van der Waals surface area contributed by atoms with Crippen molar-refractivity contribution in [3.63, 3.8) is 0 Å². The van der Waals surface area contributed by atoms with E-state index < -0.39 is 40.1 Å². The first-order valence-electron chi connectivity index (χ1n) is 13.4. The van der Waals surface area contributed by atoms with E-state index in [4.69, 9.17) is 0 Å². The number of anilines is 1. The van der Waals surface area contributed by atoms with Crippen LogP contribution in [-0.2, 0) is 21.4 Å². The second-order valence-corrected chi connectivity index (χ2v) is 10.8. The number of hydrogen-bond donors (Lipinski definition) is 0. The first-order valence-corrected chi connectivity index (χ1v) is 13.4. The number of rotatable bonds is 7. The molecule has 8 heteroatoms. The van der Waals surface area contributed by atoms with Crippen LogP contribution in [0.4, 0.5) is 18.9 Å². The topological polar surface area (TPSA) is 64.4 Å². The minimum Gasteiger partial charge on any atom is -0.344 e. The van der Waals surface area contributed by atoms with E-state index in [9.17, 15) is 28.0 Å². The van der Waals surface area contributed by atoms with Gasteiger partial charge in [0, 0.05) is 29.9 Å². The van der Waals surface area contributed by atoms with Gasteiger partial charge in [0.15, 0.2) is 0 Å². The maximum Gasteiger partial charge on any atom is 0.418 e. The standard InChI is InChI=1S/C30H34F3N3O2/c1-5-7-10-19(6-2)18-36-27(37)21(25(30(31,32)33)22(17-34)28(36)38)14-15-24-29(3,4)23-13-8-11-20-12-9-16-35(24)26(20)23/h8,11,13-15,19H,5-7,9-10,12,16,18H2,1-4H3/b21-14-,24-15+. The van der Waals surface area contributed by atoms with Gasteiger partial charge in [-0.15, -0.1) is 0 Å².